The number of aromatic nitrogens is 3. The van der Waals surface area contributed by atoms with Crippen molar-refractivity contribution in [3.8, 4) is 11.1 Å². The van der Waals surface area contributed by atoms with Gasteiger partial charge in [0.15, 0.2) is 5.65 Å². The highest BCUT2D eigenvalue weighted by molar-refractivity contribution is 5.76. The van der Waals surface area contributed by atoms with Gasteiger partial charge in [0, 0.05) is 36.1 Å². The maximum atomic E-state index is 5.97. The lowest BCUT2D eigenvalue weighted by Crippen LogP contribution is -2.39. The zero-order valence-corrected chi connectivity index (χ0v) is 13.1. The fourth-order valence-corrected chi connectivity index (χ4v) is 3.19. The SMILES string of the molecule is NC1CCN(Cc2cnc3c(-c4ccccc4)cnn3c2)CC1. The van der Waals surface area contributed by atoms with Crippen LogP contribution in [-0.4, -0.2) is 38.6 Å². The molecule has 1 aliphatic heterocycles. The summed E-state index contributed by atoms with van der Waals surface area (Å²) >= 11 is 0. The van der Waals surface area contributed by atoms with Gasteiger partial charge in [0.2, 0.25) is 0 Å². The second-order valence-corrected chi connectivity index (χ2v) is 6.27. The van der Waals surface area contributed by atoms with Crippen molar-refractivity contribution in [3.05, 3.63) is 54.5 Å². The van der Waals surface area contributed by atoms with Crippen LogP contribution in [0.25, 0.3) is 16.8 Å². The molecule has 4 rings (SSSR count). The van der Waals surface area contributed by atoms with Gasteiger partial charge in [-0.25, -0.2) is 9.50 Å². The molecule has 2 aromatic heterocycles. The van der Waals surface area contributed by atoms with E-state index in [0.29, 0.717) is 6.04 Å². The number of piperidine rings is 1. The third kappa shape index (κ3) is 2.98. The van der Waals surface area contributed by atoms with Crippen LogP contribution in [0, 0.1) is 0 Å². The molecule has 0 spiro atoms. The van der Waals surface area contributed by atoms with Crippen molar-refractivity contribution in [3.63, 3.8) is 0 Å². The monoisotopic (exact) mass is 307 g/mol. The minimum atomic E-state index is 0.367. The summed E-state index contributed by atoms with van der Waals surface area (Å²) in [4.78, 5) is 7.09. The lowest BCUT2D eigenvalue weighted by Gasteiger charge is -2.29. The molecule has 0 saturated carbocycles. The van der Waals surface area contributed by atoms with Gasteiger partial charge in [-0.15, -0.1) is 0 Å². The number of hydrogen-bond donors (Lipinski definition) is 1. The Labute approximate surface area is 135 Å². The van der Waals surface area contributed by atoms with E-state index in [1.54, 1.807) is 0 Å². The van der Waals surface area contributed by atoms with E-state index >= 15 is 0 Å². The van der Waals surface area contributed by atoms with Crippen LogP contribution in [0.3, 0.4) is 0 Å². The van der Waals surface area contributed by atoms with Gasteiger partial charge >= 0.3 is 0 Å². The molecule has 1 saturated heterocycles. The largest absolute Gasteiger partial charge is 0.328 e. The van der Waals surface area contributed by atoms with Gasteiger partial charge in [0.25, 0.3) is 0 Å². The average Bonchev–Trinajstić information content (AvgIpc) is 3.01. The number of nitrogens with two attached hydrogens (primary N) is 1. The van der Waals surface area contributed by atoms with E-state index in [4.69, 9.17) is 5.73 Å². The highest BCUT2D eigenvalue weighted by atomic mass is 15.2. The molecule has 0 amide bonds. The molecule has 1 fully saturated rings. The minimum absolute atomic E-state index is 0.367. The molecule has 1 aromatic carbocycles. The molecule has 118 valence electrons. The van der Waals surface area contributed by atoms with Gasteiger partial charge in [-0.2, -0.15) is 5.10 Å². The van der Waals surface area contributed by atoms with Gasteiger partial charge in [-0.1, -0.05) is 30.3 Å². The van der Waals surface area contributed by atoms with E-state index in [1.807, 2.05) is 35.1 Å². The Hall–Kier alpha value is -2.24. The third-order valence-electron chi connectivity index (χ3n) is 4.53. The van der Waals surface area contributed by atoms with Crippen molar-refractivity contribution in [2.24, 2.45) is 5.73 Å². The van der Waals surface area contributed by atoms with Gasteiger partial charge in [0.1, 0.15) is 0 Å². The Morgan fingerprint density at radius 3 is 2.65 bits per heavy atom. The second-order valence-electron chi connectivity index (χ2n) is 6.27. The Kier molecular flexibility index (Phi) is 3.81. The predicted octanol–water partition coefficient (Wildman–Crippen LogP) is 2.32. The summed E-state index contributed by atoms with van der Waals surface area (Å²) in [6.07, 6.45) is 8.11. The van der Waals surface area contributed by atoms with Gasteiger partial charge < -0.3 is 5.73 Å². The van der Waals surface area contributed by atoms with Crippen molar-refractivity contribution in [2.75, 3.05) is 13.1 Å². The second kappa shape index (κ2) is 6.10. The minimum Gasteiger partial charge on any atom is -0.328 e. The number of rotatable bonds is 3. The van der Waals surface area contributed by atoms with Gasteiger partial charge in [-0.3, -0.25) is 4.90 Å². The standard InChI is InChI=1S/C18H21N5/c19-16-6-8-22(9-7-16)12-14-10-20-18-17(11-21-23(18)13-14)15-4-2-1-3-5-15/h1-5,10-11,13,16H,6-9,12,19H2. The number of fused-ring (bicyclic) bond motifs is 1. The van der Waals surface area contributed by atoms with Crippen molar-refractivity contribution in [2.45, 2.75) is 25.4 Å². The summed E-state index contributed by atoms with van der Waals surface area (Å²) in [5, 5.41) is 4.48. The lowest BCUT2D eigenvalue weighted by atomic mass is 10.1. The zero-order chi connectivity index (χ0) is 15.6. The zero-order valence-electron chi connectivity index (χ0n) is 13.1. The molecule has 23 heavy (non-hydrogen) atoms. The summed E-state index contributed by atoms with van der Waals surface area (Å²) < 4.78 is 1.88. The van der Waals surface area contributed by atoms with Crippen LogP contribution in [0.2, 0.25) is 0 Å². The maximum absolute atomic E-state index is 5.97. The summed E-state index contributed by atoms with van der Waals surface area (Å²) in [6.45, 7) is 3.04. The molecular formula is C18H21N5. The van der Waals surface area contributed by atoms with E-state index in [1.165, 1.54) is 5.56 Å². The van der Waals surface area contributed by atoms with Crippen LogP contribution < -0.4 is 5.73 Å². The Morgan fingerprint density at radius 2 is 1.87 bits per heavy atom. The smallest absolute Gasteiger partial charge is 0.162 e. The molecular weight excluding hydrogens is 286 g/mol. The lowest BCUT2D eigenvalue weighted by molar-refractivity contribution is 0.205. The molecule has 5 nitrogen and oxygen atoms in total. The van der Waals surface area contributed by atoms with Crippen LogP contribution in [0.1, 0.15) is 18.4 Å². The Bertz CT molecular complexity index is 788. The number of benzene rings is 1. The average molecular weight is 307 g/mol. The van der Waals surface area contributed by atoms with Crippen molar-refractivity contribution in [1.29, 1.82) is 0 Å². The summed E-state index contributed by atoms with van der Waals surface area (Å²) in [5.41, 5.74) is 10.3. The van der Waals surface area contributed by atoms with Gasteiger partial charge in [-0.05, 0) is 31.5 Å². The first-order chi connectivity index (χ1) is 11.3. The fraction of sp³-hybridized carbons (Fsp3) is 0.333. The highest BCUT2D eigenvalue weighted by Crippen LogP contribution is 2.23. The summed E-state index contributed by atoms with van der Waals surface area (Å²) in [7, 11) is 0. The molecule has 0 bridgehead atoms. The molecule has 3 aromatic rings. The topological polar surface area (TPSA) is 59.5 Å². The van der Waals surface area contributed by atoms with Crippen LogP contribution in [-0.2, 0) is 6.54 Å². The first-order valence-corrected chi connectivity index (χ1v) is 8.15. The maximum Gasteiger partial charge on any atom is 0.162 e. The predicted molar refractivity (Wildman–Crippen MR) is 90.9 cm³/mol. The van der Waals surface area contributed by atoms with Crippen LogP contribution in [0.5, 0.6) is 0 Å². The Morgan fingerprint density at radius 1 is 1.09 bits per heavy atom. The third-order valence-corrected chi connectivity index (χ3v) is 4.53. The molecule has 0 aliphatic carbocycles. The van der Waals surface area contributed by atoms with Crippen LogP contribution in [0.15, 0.2) is 48.9 Å². The normalized spacial score (nSPS) is 16.9. The molecule has 1 aliphatic rings. The summed E-state index contributed by atoms with van der Waals surface area (Å²) in [6, 6.07) is 10.6. The molecule has 2 N–H and O–H groups in total. The van der Waals surface area contributed by atoms with Crippen LogP contribution >= 0.6 is 0 Å². The fourth-order valence-electron chi connectivity index (χ4n) is 3.19. The number of likely N-dealkylation sites (tertiary alicyclic amines) is 1. The van der Waals surface area contributed by atoms with E-state index < -0.39 is 0 Å². The van der Waals surface area contributed by atoms with Gasteiger partial charge in [0.05, 0.1) is 6.20 Å². The number of nitrogens with zero attached hydrogens (tertiary/aromatic N) is 4. The van der Waals surface area contributed by atoms with E-state index in [2.05, 4.69) is 33.3 Å². The van der Waals surface area contributed by atoms with Crippen molar-refractivity contribution < 1.29 is 0 Å². The first kappa shape index (κ1) is 14.4. The van der Waals surface area contributed by atoms with Crippen LogP contribution in [0.4, 0.5) is 0 Å². The quantitative estimate of drug-likeness (QED) is 0.807. The molecule has 0 atom stereocenters. The molecule has 5 heteroatoms. The first-order valence-electron chi connectivity index (χ1n) is 8.15. The summed E-state index contributed by atoms with van der Waals surface area (Å²) in [5.74, 6) is 0. The van der Waals surface area contributed by atoms with E-state index in [0.717, 1.165) is 49.2 Å². The molecule has 3 heterocycles. The molecule has 0 radical (unpaired) electrons. The van der Waals surface area contributed by atoms with Crippen molar-refractivity contribution in [1.82, 2.24) is 19.5 Å². The Balaban J connectivity index is 1.57. The van der Waals surface area contributed by atoms with E-state index in [-0.39, 0.29) is 0 Å². The highest BCUT2D eigenvalue weighted by Gasteiger charge is 2.16. The van der Waals surface area contributed by atoms with E-state index in [9.17, 15) is 0 Å². The molecule has 0 unspecified atom stereocenters. The number of hydrogen-bond acceptors (Lipinski definition) is 4. The van der Waals surface area contributed by atoms with Crippen molar-refractivity contribution >= 4 is 5.65 Å².